The third-order valence-corrected chi connectivity index (χ3v) is 1.10. The SMILES string of the molecule is C[C@@H](O)[C@H](N)C(=O)NCl. The second-order valence-electron chi connectivity index (χ2n) is 1.73. The van der Waals surface area contributed by atoms with E-state index in [0.29, 0.717) is 0 Å². The Hall–Kier alpha value is -0.320. The number of amides is 1. The van der Waals surface area contributed by atoms with Crippen molar-refractivity contribution in [2.24, 2.45) is 5.73 Å². The second kappa shape index (κ2) is 3.66. The quantitative estimate of drug-likeness (QED) is 0.443. The van der Waals surface area contributed by atoms with Gasteiger partial charge in [0.15, 0.2) is 0 Å². The molecule has 54 valence electrons. The van der Waals surface area contributed by atoms with Gasteiger partial charge >= 0.3 is 0 Å². The number of halogens is 1. The number of aliphatic hydroxyl groups excluding tert-OH is 1. The maximum atomic E-state index is 10.4. The van der Waals surface area contributed by atoms with Crippen LogP contribution in [0.5, 0.6) is 0 Å². The summed E-state index contributed by atoms with van der Waals surface area (Å²) in [7, 11) is 0. The molecular weight excluding hydrogens is 144 g/mol. The van der Waals surface area contributed by atoms with E-state index >= 15 is 0 Å². The summed E-state index contributed by atoms with van der Waals surface area (Å²) in [5.74, 6) is -0.577. The van der Waals surface area contributed by atoms with Crippen LogP contribution in [0.2, 0.25) is 0 Å². The van der Waals surface area contributed by atoms with Gasteiger partial charge in [0, 0.05) is 11.8 Å². The number of carbonyl (C=O) groups is 1. The fraction of sp³-hybridized carbons (Fsp3) is 0.750. The van der Waals surface area contributed by atoms with Crippen LogP contribution in [0.15, 0.2) is 0 Å². The van der Waals surface area contributed by atoms with Gasteiger partial charge in [-0.2, -0.15) is 0 Å². The van der Waals surface area contributed by atoms with Crippen LogP contribution in [-0.4, -0.2) is 23.2 Å². The highest BCUT2D eigenvalue weighted by atomic mass is 35.5. The van der Waals surface area contributed by atoms with Gasteiger partial charge in [0.1, 0.15) is 6.04 Å². The molecule has 0 saturated heterocycles. The van der Waals surface area contributed by atoms with E-state index in [0.717, 1.165) is 0 Å². The van der Waals surface area contributed by atoms with Crippen LogP contribution in [0.1, 0.15) is 6.92 Å². The molecule has 0 aromatic rings. The highest BCUT2D eigenvalue weighted by Crippen LogP contribution is 1.87. The zero-order chi connectivity index (χ0) is 7.44. The van der Waals surface area contributed by atoms with Crippen molar-refractivity contribution < 1.29 is 9.90 Å². The van der Waals surface area contributed by atoms with Gasteiger partial charge in [0.25, 0.3) is 5.91 Å². The first-order valence-electron chi connectivity index (χ1n) is 2.43. The normalized spacial score (nSPS) is 16.4. The number of nitrogens with two attached hydrogens (primary N) is 1. The minimum atomic E-state index is -0.942. The predicted octanol–water partition coefficient (Wildman–Crippen LogP) is -1.04. The van der Waals surface area contributed by atoms with Crippen molar-refractivity contribution in [1.29, 1.82) is 0 Å². The van der Waals surface area contributed by atoms with Crippen LogP contribution in [0.25, 0.3) is 0 Å². The summed E-state index contributed by atoms with van der Waals surface area (Å²) in [5.41, 5.74) is 5.12. The largest absolute Gasteiger partial charge is 0.391 e. The molecule has 1 amide bonds. The Morgan fingerprint density at radius 2 is 2.33 bits per heavy atom. The summed E-state index contributed by atoms with van der Waals surface area (Å²) in [6.07, 6.45) is -0.872. The first-order valence-corrected chi connectivity index (χ1v) is 2.81. The molecule has 0 unspecified atom stereocenters. The lowest BCUT2D eigenvalue weighted by molar-refractivity contribution is -0.122. The van der Waals surface area contributed by atoms with Gasteiger partial charge in [0.05, 0.1) is 6.10 Å². The Kier molecular flexibility index (Phi) is 3.53. The second-order valence-corrected chi connectivity index (χ2v) is 1.91. The first-order chi connectivity index (χ1) is 4.09. The van der Waals surface area contributed by atoms with Gasteiger partial charge in [-0.15, -0.1) is 0 Å². The molecule has 0 bridgehead atoms. The molecule has 0 heterocycles. The van der Waals surface area contributed by atoms with Crippen LogP contribution < -0.4 is 10.6 Å². The fourth-order valence-electron chi connectivity index (χ4n) is 0.282. The lowest BCUT2D eigenvalue weighted by Gasteiger charge is -2.10. The van der Waals surface area contributed by atoms with E-state index in [4.69, 9.17) is 22.6 Å². The van der Waals surface area contributed by atoms with E-state index in [2.05, 4.69) is 0 Å². The average Bonchev–Trinajstić information content (AvgIpc) is 1.84. The number of rotatable bonds is 2. The Labute approximate surface area is 58.1 Å². The highest BCUT2D eigenvalue weighted by molar-refractivity contribution is 6.22. The van der Waals surface area contributed by atoms with E-state index in [-0.39, 0.29) is 0 Å². The van der Waals surface area contributed by atoms with Gasteiger partial charge in [-0.05, 0) is 6.92 Å². The predicted molar refractivity (Wildman–Crippen MR) is 33.7 cm³/mol. The number of aliphatic hydroxyl groups is 1. The van der Waals surface area contributed by atoms with Gasteiger partial charge < -0.3 is 10.8 Å². The molecule has 0 fully saturated rings. The first kappa shape index (κ1) is 8.68. The van der Waals surface area contributed by atoms with Crippen molar-refractivity contribution in [3.8, 4) is 0 Å². The highest BCUT2D eigenvalue weighted by Gasteiger charge is 2.16. The third-order valence-electron chi connectivity index (χ3n) is 0.916. The number of nitrogens with one attached hydrogen (secondary N) is 1. The zero-order valence-electron chi connectivity index (χ0n) is 4.97. The lowest BCUT2D eigenvalue weighted by atomic mass is 10.2. The number of hydrogen-bond acceptors (Lipinski definition) is 3. The molecule has 0 rings (SSSR count). The molecule has 0 aromatic carbocycles. The summed E-state index contributed by atoms with van der Waals surface area (Å²) >= 11 is 4.90. The van der Waals surface area contributed by atoms with E-state index < -0.39 is 18.1 Å². The van der Waals surface area contributed by atoms with Crippen molar-refractivity contribution in [2.75, 3.05) is 0 Å². The molecule has 9 heavy (non-hydrogen) atoms. The maximum Gasteiger partial charge on any atom is 0.253 e. The smallest absolute Gasteiger partial charge is 0.253 e. The maximum absolute atomic E-state index is 10.4. The van der Waals surface area contributed by atoms with Crippen LogP contribution in [0.4, 0.5) is 0 Å². The van der Waals surface area contributed by atoms with Crippen LogP contribution >= 0.6 is 11.8 Å². The fourth-order valence-corrected chi connectivity index (χ4v) is 0.408. The molecule has 2 atom stereocenters. The molecule has 0 saturated carbocycles. The third kappa shape index (κ3) is 2.64. The van der Waals surface area contributed by atoms with Crippen molar-refractivity contribution >= 4 is 17.7 Å². The summed E-state index contributed by atoms with van der Waals surface area (Å²) in [6, 6.07) is -0.942. The number of hydrogen-bond donors (Lipinski definition) is 3. The van der Waals surface area contributed by atoms with E-state index in [1.807, 2.05) is 0 Å². The molecule has 0 aliphatic rings. The van der Waals surface area contributed by atoms with Crippen LogP contribution in [-0.2, 0) is 4.79 Å². The van der Waals surface area contributed by atoms with Crippen molar-refractivity contribution in [1.82, 2.24) is 4.84 Å². The van der Waals surface area contributed by atoms with E-state index in [1.165, 1.54) is 6.92 Å². The summed E-state index contributed by atoms with van der Waals surface area (Å²) in [4.78, 5) is 12.2. The van der Waals surface area contributed by atoms with Crippen molar-refractivity contribution in [2.45, 2.75) is 19.1 Å². The standard InChI is InChI=1S/C4H9ClN2O2/c1-2(8)3(6)4(9)7-5/h2-3,8H,6H2,1H3,(H,7,9)/t2-,3+/m1/s1. The molecule has 0 aromatic heterocycles. The molecule has 0 radical (unpaired) electrons. The van der Waals surface area contributed by atoms with Gasteiger partial charge in [0.2, 0.25) is 0 Å². The molecular formula is C4H9ClN2O2. The molecule has 0 aliphatic heterocycles. The van der Waals surface area contributed by atoms with Gasteiger partial charge in [-0.1, -0.05) is 0 Å². The minimum Gasteiger partial charge on any atom is -0.391 e. The van der Waals surface area contributed by atoms with Crippen molar-refractivity contribution in [3.63, 3.8) is 0 Å². The van der Waals surface area contributed by atoms with Gasteiger partial charge in [-0.3, -0.25) is 9.63 Å². The van der Waals surface area contributed by atoms with E-state index in [9.17, 15) is 4.79 Å². The zero-order valence-corrected chi connectivity index (χ0v) is 5.72. The molecule has 0 spiro atoms. The molecule has 4 nitrogen and oxygen atoms in total. The minimum absolute atomic E-state index is 0.577. The summed E-state index contributed by atoms with van der Waals surface area (Å²) in [5, 5.41) is 8.68. The number of carbonyl (C=O) groups excluding carboxylic acids is 1. The Morgan fingerprint density at radius 3 is 2.44 bits per heavy atom. The topological polar surface area (TPSA) is 75.3 Å². The Morgan fingerprint density at radius 1 is 1.89 bits per heavy atom. The molecule has 4 N–H and O–H groups in total. The molecule has 0 aliphatic carbocycles. The van der Waals surface area contributed by atoms with Crippen LogP contribution in [0, 0.1) is 0 Å². The Bertz CT molecular complexity index is 107. The monoisotopic (exact) mass is 152 g/mol. The lowest BCUT2D eigenvalue weighted by Crippen LogP contribution is -2.44. The van der Waals surface area contributed by atoms with E-state index in [1.54, 1.807) is 4.84 Å². The van der Waals surface area contributed by atoms with Gasteiger partial charge in [-0.25, -0.2) is 0 Å². The Balaban J connectivity index is 3.72. The summed E-state index contributed by atoms with van der Waals surface area (Å²) < 4.78 is 0. The van der Waals surface area contributed by atoms with Crippen LogP contribution in [0.3, 0.4) is 0 Å². The molecule has 5 heteroatoms. The van der Waals surface area contributed by atoms with Crippen molar-refractivity contribution in [3.05, 3.63) is 0 Å². The average molecular weight is 153 g/mol. The summed E-state index contributed by atoms with van der Waals surface area (Å²) in [6.45, 7) is 1.41.